The van der Waals surface area contributed by atoms with Gasteiger partial charge in [0.05, 0.1) is 0 Å². The van der Waals surface area contributed by atoms with Crippen LogP contribution in [-0.4, -0.2) is 49.4 Å². The van der Waals surface area contributed by atoms with Crippen LogP contribution in [0.2, 0.25) is 0 Å². The molecule has 0 bridgehead atoms. The summed E-state index contributed by atoms with van der Waals surface area (Å²) in [4.78, 5) is 25.9. The van der Waals surface area contributed by atoms with Crippen LogP contribution >= 0.6 is 0 Å². The number of nitrogens with zero attached hydrogens (tertiary/aromatic N) is 1. The molecule has 1 unspecified atom stereocenters. The van der Waals surface area contributed by atoms with Gasteiger partial charge in [0.15, 0.2) is 0 Å². The second-order valence-electron chi connectivity index (χ2n) is 6.11. The molecule has 0 saturated carbocycles. The molecule has 138 valence electrons. The van der Waals surface area contributed by atoms with Crippen LogP contribution in [0.5, 0.6) is 0 Å². The van der Waals surface area contributed by atoms with E-state index in [4.69, 9.17) is 0 Å². The largest absolute Gasteiger partial charge is 0.355 e. The van der Waals surface area contributed by atoms with Crippen LogP contribution in [0, 0.1) is 0 Å². The van der Waals surface area contributed by atoms with Gasteiger partial charge in [0.2, 0.25) is 5.91 Å². The van der Waals surface area contributed by atoms with Crippen LogP contribution in [0.1, 0.15) is 49.5 Å². The van der Waals surface area contributed by atoms with Crippen molar-refractivity contribution in [2.75, 3.05) is 26.7 Å². The third-order valence-electron chi connectivity index (χ3n) is 4.22. The van der Waals surface area contributed by atoms with Crippen LogP contribution in [0.3, 0.4) is 0 Å². The molecule has 0 spiro atoms. The highest BCUT2D eigenvalue weighted by molar-refractivity contribution is 5.94. The van der Waals surface area contributed by atoms with Gasteiger partial charge >= 0.3 is 0 Å². The van der Waals surface area contributed by atoms with Gasteiger partial charge in [-0.3, -0.25) is 9.59 Å². The van der Waals surface area contributed by atoms with Crippen molar-refractivity contribution in [2.45, 2.75) is 39.7 Å². The van der Waals surface area contributed by atoms with E-state index >= 15 is 0 Å². The van der Waals surface area contributed by atoms with Crippen molar-refractivity contribution < 1.29 is 9.59 Å². The van der Waals surface area contributed by atoms with Gasteiger partial charge in [0.1, 0.15) is 0 Å². The van der Waals surface area contributed by atoms with Gasteiger partial charge in [-0.1, -0.05) is 26.0 Å². The summed E-state index contributed by atoms with van der Waals surface area (Å²) in [5, 5.41) is 5.57. The molecular formula is C20H31N3O2. The first-order valence-electron chi connectivity index (χ1n) is 9.03. The van der Waals surface area contributed by atoms with Gasteiger partial charge in [-0.15, -0.1) is 0 Å². The molecule has 5 heteroatoms. The summed E-state index contributed by atoms with van der Waals surface area (Å²) in [6.07, 6.45) is 5.34. The highest BCUT2D eigenvalue weighted by Crippen LogP contribution is 2.06. The third kappa shape index (κ3) is 7.98. The van der Waals surface area contributed by atoms with Gasteiger partial charge in [-0.25, -0.2) is 0 Å². The van der Waals surface area contributed by atoms with Gasteiger partial charge in [0, 0.05) is 24.7 Å². The maximum absolute atomic E-state index is 12.0. The number of benzene rings is 1. The summed E-state index contributed by atoms with van der Waals surface area (Å²) in [5.41, 5.74) is 1.49. The average molecular weight is 345 g/mol. The van der Waals surface area contributed by atoms with Crippen molar-refractivity contribution >= 4 is 17.9 Å². The summed E-state index contributed by atoms with van der Waals surface area (Å²) >= 11 is 0. The van der Waals surface area contributed by atoms with Crippen LogP contribution < -0.4 is 10.6 Å². The second kappa shape index (κ2) is 11.4. The monoisotopic (exact) mass is 345 g/mol. The summed E-state index contributed by atoms with van der Waals surface area (Å²) < 4.78 is 0. The number of carbonyl (C=O) groups is 2. The number of rotatable bonds is 10. The quantitative estimate of drug-likeness (QED) is 0.641. The molecule has 0 aliphatic carbocycles. The van der Waals surface area contributed by atoms with Crippen LogP contribution in [0.25, 0.3) is 6.08 Å². The van der Waals surface area contributed by atoms with Crippen molar-refractivity contribution in [3.8, 4) is 0 Å². The lowest BCUT2D eigenvalue weighted by Crippen LogP contribution is -2.32. The lowest BCUT2D eigenvalue weighted by Gasteiger charge is -2.19. The number of hydrogen-bond acceptors (Lipinski definition) is 3. The highest BCUT2D eigenvalue weighted by Gasteiger charge is 2.06. The van der Waals surface area contributed by atoms with Gasteiger partial charge in [-0.2, -0.15) is 0 Å². The fourth-order valence-corrected chi connectivity index (χ4v) is 2.59. The molecule has 0 aliphatic heterocycles. The Hall–Kier alpha value is -2.14. The topological polar surface area (TPSA) is 61.4 Å². The van der Waals surface area contributed by atoms with Crippen LogP contribution in [0.15, 0.2) is 30.3 Å². The van der Waals surface area contributed by atoms with E-state index in [1.165, 1.54) is 6.08 Å². The maximum atomic E-state index is 12.0. The van der Waals surface area contributed by atoms with E-state index in [-0.39, 0.29) is 17.9 Å². The minimum Gasteiger partial charge on any atom is -0.355 e. The molecule has 1 aromatic rings. The van der Waals surface area contributed by atoms with E-state index in [0.717, 1.165) is 38.0 Å². The van der Waals surface area contributed by atoms with E-state index in [9.17, 15) is 9.59 Å². The Balaban J connectivity index is 2.39. The molecule has 1 atom stereocenters. The van der Waals surface area contributed by atoms with Gasteiger partial charge < -0.3 is 15.5 Å². The highest BCUT2D eigenvalue weighted by atomic mass is 16.2. The van der Waals surface area contributed by atoms with E-state index in [1.807, 2.05) is 19.1 Å². The lowest BCUT2D eigenvalue weighted by molar-refractivity contribution is -0.117. The summed E-state index contributed by atoms with van der Waals surface area (Å²) in [5.74, 6) is -0.211. The van der Waals surface area contributed by atoms with Crippen molar-refractivity contribution in [1.29, 1.82) is 0 Å². The maximum Gasteiger partial charge on any atom is 0.251 e. The van der Waals surface area contributed by atoms with E-state index in [0.29, 0.717) is 5.56 Å². The zero-order valence-electron chi connectivity index (χ0n) is 15.8. The molecule has 2 amide bonds. The first-order chi connectivity index (χ1) is 12.0. The number of amides is 2. The van der Waals surface area contributed by atoms with Crippen molar-refractivity contribution in [2.24, 2.45) is 0 Å². The zero-order chi connectivity index (χ0) is 18.7. The van der Waals surface area contributed by atoms with Crippen LogP contribution in [0.4, 0.5) is 0 Å². The molecule has 0 radical (unpaired) electrons. The third-order valence-corrected chi connectivity index (χ3v) is 4.22. The minimum atomic E-state index is -0.119. The molecule has 5 nitrogen and oxygen atoms in total. The Morgan fingerprint density at radius 1 is 1.16 bits per heavy atom. The summed E-state index contributed by atoms with van der Waals surface area (Å²) in [6.45, 7) is 9.58. The van der Waals surface area contributed by atoms with E-state index < -0.39 is 0 Å². The standard InChI is InChI=1S/C20H31N3O2/c1-5-23(6-2)15-7-8-16(3)22-19(24)14-11-17-9-12-18(13-10-17)20(25)21-4/h9-14,16H,5-8,15H2,1-4H3,(H,21,25)(H,22,24)/b14-11+. The number of hydrogen-bond donors (Lipinski definition) is 2. The number of carbonyl (C=O) groups excluding carboxylic acids is 2. The molecule has 25 heavy (non-hydrogen) atoms. The normalized spacial score (nSPS) is 12.4. The smallest absolute Gasteiger partial charge is 0.251 e. The Kier molecular flexibility index (Phi) is 9.55. The minimum absolute atomic E-state index is 0.0919. The number of nitrogens with one attached hydrogen (secondary N) is 2. The Morgan fingerprint density at radius 2 is 1.80 bits per heavy atom. The molecule has 1 aromatic carbocycles. The SMILES string of the molecule is CCN(CC)CCCC(C)NC(=O)/C=C/c1ccc(C(=O)NC)cc1. The molecule has 0 saturated heterocycles. The first kappa shape index (κ1) is 20.9. The van der Waals surface area contributed by atoms with Crippen molar-refractivity contribution in [3.63, 3.8) is 0 Å². The average Bonchev–Trinajstić information content (AvgIpc) is 2.63. The second-order valence-corrected chi connectivity index (χ2v) is 6.11. The molecule has 0 aromatic heterocycles. The fourth-order valence-electron chi connectivity index (χ4n) is 2.59. The predicted octanol–water partition coefficient (Wildman–Crippen LogP) is 2.69. The summed E-state index contributed by atoms with van der Waals surface area (Å²) in [6, 6.07) is 7.28. The molecule has 1 rings (SSSR count). The Labute approximate surface area is 151 Å². The molecule has 0 heterocycles. The first-order valence-corrected chi connectivity index (χ1v) is 9.03. The molecule has 2 N–H and O–H groups in total. The van der Waals surface area contributed by atoms with Crippen LogP contribution in [-0.2, 0) is 4.79 Å². The van der Waals surface area contributed by atoms with E-state index in [2.05, 4.69) is 29.4 Å². The van der Waals surface area contributed by atoms with Gasteiger partial charge in [-0.05, 0) is 63.2 Å². The Morgan fingerprint density at radius 3 is 2.36 bits per heavy atom. The van der Waals surface area contributed by atoms with E-state index in [1.54, 1.807) is 25.3 Å². The molecule has 0 fully saturated rings. The summed E-state index contributed by atoms with van der Waals surface area (Å²) in [7, 11) is 1.60. The molecular weight excluding hydrogens is 314 g/mol. The zero-order valence-corrected chi connectivity index (χ0v) is 15.8. The lowest BCUT2D eigenvalue weighted by atomic mass is 10.1. The fraction of sp³-hybridized carbons (Fsp3) is 0.500. The predicted molar refractivity (Wildman–Crippen MR) is 103 cm³/mol. The van der Waals surface area contributed by atoms with Gasteiger partial charge in [0.25, 0.3) is 5.91 Å². The van der Waals surface area contributed by atoms with Crippen molar-refractivity contribution in [3.05, 3.63) is 41.5 Å². The molecule has 0 aliphatic rings. The van der Waals surface area contributed by atoms with Crippen molar-refractivity contribution in [1.82, 2.24) is 15.5 Å². The Bertz CT molecular complexity index is 563.